The van der Waals surface area contributed by atoms with Crippen molar-refractivity contribution < 1.29 is 28.3 Å². The smallest absolute Gasteiger partial charge is 0.336 e. The summed E-state index contributed by atoms with van der Waals surface area (Å²) in [6.07, 6.45) is -3.06. The second-order valence-electron chi connectivity index (χ2n) is 7.31. The fourth-order valence-corrected chi connectivity index (χ4v) is 2.85. The molecule has 2 aromatic carbocycles. The number of carbonyl (C=O) groups excluding carboxylic acids is 4. The van der Waals surface area contributed by atoms with Gasteiger partial charge >= 0.3 is 11.9 Å². The van der Waals surface area contributed by atoms with Gasteiger partial charge in [0.1, 0.15) is 6.04 Å². The molecule has 0 saturated carbocycles. The van der Waals surface area contributed by atoms with E-state index in [-0.39, 0.29) is 12.3 Å². The predicted molar refractivity (Wildman–Crippen MR) is 109 cm³/mol. The van der Waals surface area contributed by atoms with Gasteiger partial charge in [0.25, 0.3) is 0 Å². The summed E-state index contributed by atoms with van der Waals surface area (Å²) in [7, 11) is 0. The van der Waals surface area contributed by atoms with Crippen LogP contribution in [-0.2, 0) is 30.3 Å². The van der Waals surface area contributed by atoms with Crippen molar-refractivity contribution in [3.05, 3.63) is 48.0 Å². The number of carbonyl (C=O) groups is 4. The zero-order valence-corrected chi connectivity index (χ0v) is 16.9. The number of fused-ring (bicyclic) bond motifs is 1. The summed E-state index contributed by atoms with van der Waals surface area (Å²) in [5.74, 6) is -3.61. The van der Waals surface area contributed by atoms with Crippen LogP contribution >= 0.6 is 0 Å². The van der Waals surface area contributed by atoms with Crippen LogP contribution in [0.3, 0.4) is 0 Å². The van der Waals surface area contributed by atoms with E-state index < -0.39 is 48.8 Å². The zero-order chi connectivity index (χ0) is 22.3. The second-order valence-corrected chi connectivity index (χ2v) is 7.31. The highest BCUT2D eigenvalue weighted by Gasteiger charge is 2.28. The number of esters is 2. The van der Waals surface area contributed by atoms with Crippen molar-refractivity contribution in [2.45, 2.75) is 45.4 Å². The molecule has 8 heteroatoms. The quantitative estimate of drug-likeness (QED) is 0.368. The van der Waals surface area contributed by atoms with E-state index in [1.54, 1.807) is 13.8 Å². The molecule has 0 saturated heterocycles. The average Bonchev–Trinajstić information content (AvgIpc) is 2.69. The van der Waals surface area contributed by atoms with Crippen molar-refractivity contribution in [3.63, 3.8) is 0 Å². The van der Waals surface area contributed by atoms with Crippen LogP contribution in [0.4, 0.5) is 4.39 Å². The Labute approximate surface area is 173 Å². The molecule has 0 heterocycles. The zero-order valence-electron chi connectivity index (χ0n) is 16.9. The minimum atomic E-state index is -2.17. The molecule has 30 heavy (non-hydrogen) atoms. The molecule has 0 fully saturated rings. The van der Waals surface area contributed by atoms with Crippen molar-refractivity contribution >= 4 is 34.4 Å². The molecule has 160 valence electrons. The monoisotopic (exact) mass is 416 g/mol. The molecule has 0 aromatic heterocycles. The van der Waals surface area contributed by atoms with E-state index in [9.17, 15) is 23.6 Å². The van der Waals surface area contributed by atoms with Crippen LogP contribution in [0.1, 0.15) is 32.3 Å². The Kier molecular flexibility index (Phi) is 8.17. The molecule has 0 bridgehead atoms. The number of hydrogen-bond donors (Lipinski definition) is 2. The highest BCUT2D eigenvalue weighted by atomic mass is 19.1. The first-order chi connectivity index (χ1) is 14.2. The first-order valence-corrected chi connectivity index (χ1v) is 9.61. The van der Waals surface area contributed by atoms with E-state index in [0.29, 0.717) is 0 Å². The Hall–Kier alpha value is -3.13. The van der Waals surface area contributed by atoms with E-state index in [4.69, 9.17) is 10.5 Å². The third-order valence-corrected chi connectivity index (χ3v) is 4.51. The summed E-state index contributed by atoms with van der Waals surface area (Å²) in [6, 6.07) is 12.3. The number of halogens is 1. The van der Waals surface area contributed by atoms with Gasteiger partial charge in [-0.2, -0.15) is 0 Å². The van der Waals surface area contributed by atoms with Crippen molar-refractivity contribution in [1.82, 2.24) is 5.32 Å². The Bertz CT molecular complexity index is 942. The first-order valence-electron chi connectivity index (χ1n) is 9.61. The molecule has 0 radical (unpaired) electrons. The van der Waals surface area contributed by atoms with Gasteiger partial charge in [-0.3, -0.25) is 20.1 Å². The summed E-state index contributed by atoms with van der Waals surface area (Å²) in [6.45, 7) is 3.39. The van der Waals surface area contributed by atoms with E-state index in [1.165, 1.54) is 0 Å². The largest absolute Gasteiger partial charge is 0.392 e. The molecule has 3 N–H and O–H groups in total. The van der Waals surface area contributed by atoms with Crippen LogP contribution in [0.15, 0.2) is 42.5 Å². The predicted octanol–water partition coefficient (Wildman–Crippen LogP) is 2.20. The number of amides is 1. The number of benzene rings is 2. The number of ketones is 1. The summed E-state index contributed by atoms with van der Waals surface area (Å²) < 4.78 is 17.3. The summed E-state index contributed by atoms with van der Waals surface area (Å²) >= 11 is 0. The number of nitrogens with two attached hydrogens (primary N) is 1. The van der Waals surface area contributed by atoms with E-state index in [0.717, 1.165) is 16.3 Å². The maximum absolute atomic E-state index is 12.6. The molecule has 7 nitrogen and oxygen atoms in total. The minimum Gasteiger partial charge on any atom is -0.392 e. The lowest BCUT2D eigenvalue weighted by Crippen LogP contribution is -2.46. The third-order valence-electron chi connectivity index (χ3n) is 4.51. The van der Waals surface area contributed by atoms with Crippen LogP contribution in [0.5, 0.6) is 0 Å². The Morgan fingerprint density at radius 3 is 2.33 bits per heavy atom. The number of Topliss-reactive ketones (excluding diaryl/α,β-unsaturated/α-hetero) is 1. The highest BCUT2D eigenvalue weighted by molar-refractivity contribution is 5.93. The normalized spacial score (nSPS) is 13.0. The van der Waals surface area contributed by atoms with Crippen LogP contribution in [0.2, 0.25) is 0 Å². The molecule has 1 unspecified atom stereocenters. The molecular weight excluding hydrogens is 391 g/mol. The van der Waals surface area contributed by atoms with Crippen LogP contribution in [-0.4, -0.2) is 36.0 Å². The van der Waals surface area contributed by atoms with Crippen molar-refractivity contribution in [1.29, 1.82) is 0 Å². The minimum absolute atomic E-state index is 0.0537. The molecule has 2 rings (SSSR count). The molecule has 0 aliphatic heterocycles. The summed E-state index contributed by atoms with van der Waals surface area (Å²) in [5.41, 5.74) is 5.55. The third kappa shape index (κ3) is 6.73. The second kappa shape index (κ2) is 10.6. The number of nitrogens with one attached hydrogen (secondary N) is 1. The maximum atomic E-state index is 12.6. The fraction of sp³-hybridized carbons (Fsp3) is 0.364. The van der Waals surface area contributed by atoms with Crippen LogP contribution in [0.25, 0.3) is 10.8 Å². The molecular formula is C22H25FN2O5. The topological polar surface area (TPSA) is 116 Å². The molecule has 1 amide bonds. The Morgan fingerprint density at radius 1 is 1.03 bits per heavy atom. The van der Waals surface area contributed by atoms with E-state index in [1.807, 2.05) is 42.5 Å². The summed E-state index contributed by atoms with van der Waals surface area (Å²) in [5, 5.41) is 4.64. The van der Waals surface area contributed by atoms with Crippen LogP contribution in [0, 0.1) is 5.92 Å². The Morgan fingerprint density at radius 2 is 1.70 bits per heavy atom. The van der Waals surface area contributed by atoms with Crippen LogP contribution < -0.4 is 11.1 Å². The number of ether oxygens (including phenoxy) is 1. The number of rotatable bonds is 9. The lowest BCUT2D eigenvalue weighted by molar-refractivity contribution is -0.163. The Balaban J connectivity index is 1.94. The van der Waals surface area contributed by atoms with Gasteiger partial charge < -0.3 is 10.1 Å². The molecule has 2 aromatic rings. The van der Waals surface area contributed by atoms with Gasteiger partial charge in [-0.05, 0) is 22.3 Å². The van der Waals surface area contributed by atoms with Gasteiger partial charge in [-0.25, -0.2) is 9.18 Å². The van der Waals surface area contributed by atoms with Crippen molar-refractivity contribution in [3.8, 4) is 0 Å². The fourth-order valence-electron chi connectivity index (χ4n) is 2.85. The molecule has 0 aliphatic carbocycles. The van der Waals surface area contributed by atoms with Gasteiger partial charge in [-0.15, -0.1) is 0 Å². The average molecular weight is 416 g/mol. The summed E-state index contributed by atoms with van der Waals surface area (Å²) in [4.78, 5) is 47.6. The molecule has 0 aliphatic rings. The van der Waals surface area contributed by atoms with Gasteiger partial charge in [0, 0.05) is 6.42 Å². The first kappa shape index (κ1) is 23.2. The standard InChI is InChI=1S/C22H25FN2O5/c1-13(2)20(22(29)30-19(28)10-9-17(26)21(23)24)25-18(27)12-14-7-8-15-5-3-4-6-16(15)11-14/h3-8,11,13,20-21H,9-10,12,24H2,1-2H3,(H,25,27)/t20-,21?/m0/s1. The van der Waals surface area contributed by atoms with Crippen molar-refractivity contribution in [2.24, 2.45) is 11.7 Å². The number of hydrogen-bond acceptors (Lipinski definition) is 6. The number of alkyl halides is 1. The van der Waals surface area contributed by atoms with Crippen molar-refractivity contribution in [2.75, 3.05) is 0 Å². The van der Waals surface area contributed by atoms with E-state index >= 15 is 0 Å². The highest BCUT2D eigenvalue weighted by Crippen LogP contribution is 2.16. The molecule has 2 atom stereocenters. The lowest BCUT2D eigenvalue weighted by Gasteiger charge is -2.20. The maximum Gasteiger partial charge on any atom is 0.336 e. The van der Waals surface area contributed by atoms with Gasteiger partial charge in [0.15, 0.2) is 5.78 Å². The van der Waals surface area contributed by atoms with Gasteiger partial charge in [0.2, 0.25) is 12.2 Å². The van der Waals surface area contributed by atoms with E-state index in [2.05, 4.69) is 5.32 Å². The molecule has 0 spiro atoms. The lowest BCUT2D eigenvalue weighted by atomic mass is 10.0. The SMILES string of the molecule is CC(C)[C@H](NC(=O)Cc1ccc2ccccc2c1)C(=O)OC(=O)CCC(=O)C(N)F. The van der Waals surface area contributed by atoms with Gasteiger partial charge in [0.05, 0.1) is 12.8 Å². The van der Waals surface area contributed by atoms with Gasteiger partial charge in [-0.1, -0.05) is 56.3 Å².